The zero-order valence-corrected chi connectivity index (χ0v) is 11.3. The molecule has 0 aromatic rings. The van der Waals surface area contributed by atoms with Crippen molar-refractivity contribution in [2.75, 3.05) is 13.2 Å². The van der Waals surface area contributed by atoms with Crippen molar-refractivity contribution in [2.24, 2.45) is 0 Å². The lowest BCUT2D eigenvalue weighted by Crippen LogP contribution is -2.50. The van der Waals surface area contributed by atoms with Gasteiger partial charge in [-0.15, -0.1) is 11.6 Å². The molecule has 1 saturated heterocycles. The highest BCUT2D eigenvalue weighted by atomic mass is 35.5. The molecule has 0 aromatic heterocycles. The van der Waals surface area contributed by atoms with E-state index < -0.39 is 28.8 Å². The van der Waals surface area contributed by atoms with Crippen LogP contribution >= 0.6 is 11.6 Å². The average molecular weight is 267 g/mol. The van der Waals surface area contributed by atoms with E-state index in [1.54, 1.807) is 20.8 Å². The van der Waals surface area contributed by atoms with Crippen molar-refractivity contribution in [3.63, 3.8) is 0 Å². The first-order valence-electron chi connectivity index (χ1n) is 5.56. The second-order valence-corrected chi connectivity index (χ2v) is 5.39. The zero-order valence-electron chi connectivity index (χ0n) is 10.5. The van der Waals surface area contributed by atoms with Gasteiger partial charge in [0.2, 0.25) is 0 Å². The molecule has 100 valence electrons. The van der Waals surface area contributed by atoms with Gasteiger partial charge < -0.3 is 19.3 Å². The summed E-state index contributed by atoms with van der Waals surface area (Å²) in [6.07, 6.45) is -1.83. The summed E-state index contributed by atoms with van der Waals surface area (Å²) >= 11 is 6.03. The highest BCUT2D eigenvalue weighted by molar-refractivity contribution is 6.34. The van der Waals surface area contributed by atoms with Crippen molar-refractivity contribution in [3.8, 4) is 0 Å². The fourth-order valence-electron chi connectivity index (χ4n) is 1.61. The molecule has 5 nitrogen and oxygen atoms in total. The number of hydrogen-bond donors (Lipinski definition) is 1. The zero-order chi connectivity index (χ0) is 13.3. The number of hydrogen-bond acceptors (Lipinski definition) is 5. The van der Waals surface area contributed by atoms with E-state index in [-0.39, 0.29) is 13.2 Å². The number of rotatable bonds is 4. The van der Waals surface area contributed by atoms with Gasteiger partial charge in [-0.1, -0.05) is 0 Å². The van der Waals surface area contributed by atoms with Crippen LogP contribution in [0.4, 0.5) is 0 Å². The van der Waals surface area contributed by atoms with Crippen LogP contribution in [0.15, 0.2) is 0 Å². The van der Waals surface area contributed by atoms with Crippen molar-refractivity contribution >= 4 is 17.6 Å². The Bertz CT molecular complexity index is 290. The molecule has 0 aromatic carbocycles. The largest absolute Gasteiger partial charge is 0.465 e. The van der Waals surface area contributed by atoms with Crippen molar-refractivity contribution in [2.45, 2.75) is 50.6 Å². The third-order valence-electron chi connectivity index (χ3n) is 2.61. The van der Waals surface area contributed by atoms with E-state index in [2.05, 4.69) is 0 Å². The molecule has 17 heavy (non-hydrogen) atoms. The number of aliphatic hydroxyl groups excluding tert-OH is 1. The molecule has 1 N–H and O–H groups in total. The molecule has 1 aliphatic rings. The molecule has 1 rings (SSSR count). The van der Waals surface area contributed by atoms with Crippen molar-refractivity contribution < 1.29 is 24.1 Å². The lowest BCUT2D eigenvalue weighted by Gasteiger charge is -2.29. The summed E-state index contributed by atoms with van der Waals surface area (Å²) in [6.45, 7) is 6.95. The number of carbonyl (C=O) groups excluding carboxylic acids is 1. The average Bonchev–Trinajstić information content (AvgIpc) is 2.58. The number of halogens is 1. The highest BCUT2D eigenvalue weighted by Gasteiger charge is 2.48. The standard InChI is InChI=1S/C11H19ClO5/c1-5-15-9(14)11(4,12)8(13)7-6-16-10(2,3)17-7/h7-8,13H,5-6H2,1-4H3/t7-,8-,11?/m1/s1. The molecule has 0 saturated carbocycles. The topological polar surface area (TPSA) is 65.0 Å². The van der Waals surface area contributed by atoms with E-state index in [0.29, 0.717) is 0 Å². The summed E-state index contributed by atoms with van der Waals surface area (Å²) in [7, 11) is 0. The van der Waals surface area contributed by atoms with Crippen molar-refractivity contribution in [1.82, 2.24) is 0 Å². The van der Waals surface area contributed by atoms with Gasteiger partial charge in [-0.05, 0) is 27.7 Å². The Morgan fingerprint density at radius 1 is 1.71 bits per heavy atom. The predicted molar refractivity (Wildman–Crippen MR) is 61.8 cm³/mol. The first-order chi connectivity index (χ1) is 7.70. The van der Waals surface area contributed by atoms with E-state index in [4.69, 9.17) is 25.8 Å². The molecule has 3 atom stereocenters. The van der Waals surface area contributed by atoms with Gasteiger partial charge in [0.1, 0.15) is 12.2 Å². The quantitative estimate of drug-likeness (QED) is 0.609. The van der Waals surface area contributed by atoms with Gasteiger partial charge in [0.25, 0.3) is 0 Å². The Labute approximate surface area is 106 Å². The molecule has 1 heterocycles. The number of ether oxygens (including phenoxy) is 3. The Balaban J connectivity index is 2.69. The lowest BCUT2D eigenvalue weighted by molar-refractivity contribution is -0.164. The van der Waals surface area contributed by atoms with Crippen LogP contribution in [0.1, 0.15) is 27.7 Å². The van der Waals surface area contributed by atoms with E-state index >= 15 is 0 Å². The van der Waals surface area contributed by atoms with Crippen LogP contribution in [0, 0.1) is 0 Å². The first-order valence-corrected chi connectivity index (χ1v) is 5.94. The van der Waals surface area contributed by atoms with E-state index in [1.807, 2.05) is 0 Å². The molecule has 1 fully saturated rings. The summed E-state index contributed by atoms with van der Waals surface area (Å²) in [6, 6.07) is 0. The Hall–Kier alpha value is -0.360. The summed E-state index contributed by atoms with van der Waals surface area (Å²) in [4.78, 5) is 10.1. The second-order valence-electron chi connectivity index (χ2n) is 4.61. The minimum Gasteiger partial charge on any atom is -0.465 e. The lowest BCUT2D eigenvalue weighted by atomic mass is 9.99. The Kier molecular flexibility index (Phi) is 4.41. The fraction of sp³-hybridized carbons (Fsp3) is 0.909. The summed E-state index contributed by atoms with van der Waals surface area (Å²) in [5, 5.41) is 10.1. The molecular formula is C11H19ClO5. The van der Waals surface area contributed by atoms with Gasteiger partial charge in [-0.3, -0.25) is 4.79 Å². The number of carbonyl (C=O) groups is 1. The van der Waals surface area contributed by atoms with Crippen LogP contribution in [0.5, 0.6) is 0 Å². The third-order valence-corrected chi connectivity index (χ3v) is 2.99. The summed E-state index contributed by atoms with van der Waals surface area (Å²) in [5.74, 6) is -1.43. The van der Waals surface area contributed by atoms with Gasteiger partial charge >= 0.3 is 5.97 Å². The summed E-state index contributed by atoms with van der Waals surface area (Å²) in [5.41, 5.74) is 0. The van der Waals surface area contributed by atoms with Crippen LogP contribution in [0.25, 0.3) is 0 Å². The molecule has 0 radical (unpaired) electrons. The Morgan fingerprint density at radius 2 is 2.29 bits per heavy atom. The summed E-state index contributed by atoms with van der Waals surface area (Å²) < 4.78 is 15.6. The van der Waals surface area contributed by atoms with Crippen LogP contribution in [0.2, 0.25) is 0 Å². The third kappa shape index (κ3) is 3.31. The molecule has 0 bridgehead atoms. The molecule has 0 amide bonds. The van der Waals surface area contributed by atoms with Crippen LogP contribution in [-0.2, 0) is 19.0 Å². The number of aliphatic hydroxyl groups is 1. The van der Waals surface area contributed by atoms with Gasteiger partial charge in [0, 0.05) is 0 Å². The molecule has 0 aliphatic carbocycles. The van der Waals surface area contributed by atoms with Crippen LogP contribution < -0.4 is 0 Å². The predicted octanol–water partition coefficient (Wildman–Crippen LogP) is 1.06. The van der Waals surface area contributed by atoms with Crippen molar-refractivity contribution in [3.05, 3.63) is 0 Å². The minimum absolute atomic E-state index is 0.190. The monoisotopic (exact) mass is 266 g/mol. The number of alkyl halides is 1. The van der Waals surface area contributed by atoms with E-state index in [1.165, 1.54) is 6.92 Å². The van der Waals surface area contributed by atoms with Gasteiger partial charge in [0.15, 0.2) is 10.7 Å². The number of esters is 1. The first kappa shape index (κ1) is 14.7. The van der Waals surface area contributed by atoms with Crippen LogP contribution in [-0.4, -0.2) is 47.2 Å². The van der Waals surface area contributed by atoms with Gasteiger partial charge in [-0.25, -0.2) is 0 Å². The maximum atomic E-state index is 11.6. The molecule has 6 heteroatoms. The molecule has 1 unspecified atom stereocenters. The maximum absolute atomic E-state index is 11.6. The molecular weight excluding hydrogens is 248 g/mol. The van der Waals surface area contributed by atoms with Crippen molar-refractivity contribution in [1.29, 1.82) is 0 Å². The second kappa shape index (κ2) is 5.10. The maximum Gasteiger partial charge on any atom is 0.329 e. The minimum atomic E-state index is -1.54. The smallest absolute Gasteiger partial charge is 0.329 e. The highest BCUT2D eigenvalue weighted by Crippen LogP contribution is 2.31. The van der Waals surface area contributed by atoms with E-state index in [0.717, 1.165) is 0 Å². The Morgan fingerprint density at radius 3 is 2.71 bits per heavy atom. The molecule has 1 aliphatic heterocycles. The van der Waals surface area contributed by atoms with Crippen LogP contribution in [0.3, 0.4) is 0 Å². The SMILES string of the molecule is CCOC(=O)C(C)(Cl)[C@H](O)[C@H]1COC(C)(C)O1. The normalized spacial score (nSPS) is 28.5. The molecule has 0 spiro atoms. The fourth-order valence-corrected chi connectivity index (χ4v) is 1.81. The van der Waals surface area contributed by atoms with Gasteiger partial charge in [-0.2, -0.15) is 0 Å². The van der Waals surface area contributed by atoms with Gasteiger partial charge in [0.05, 0.1) is 13.2 Å². The van der Waals surface area contributed by atoms with E-state index in [9.17, 15) is 9.90 Å².